The quantitative estimate of drug-likeness (QED) is 0.674. The van der Waals surface area contributed by atoms with E-state index in [1.807, 2.05) is 23.1 Å². The Labute approximate surface area is 90.3 Å². The van der Waals surface area contributed by atoms with Crippen molar-refractivity contribution in [1.82, 2.24) is 9.80 Å². The van der Waals surface area contributed by atoms with Gasteiger partial charge in [0.05, 0.1) is 6.04 Å². The predicted molar refractivity (Wildman–Crippen MR) is 59.5 cm³/mol. The van der Waals surface area contributed by atoms with Gasteiger partial charge in [-0.25, -0.2) is 0 Å². The van der Waals surface area contributed by atoms with Crippen LogP contribution in [0, 0.1) is 0 Å². The fraction of sp³-hybridized carbons (Fsp3) is 0.417. The van der Waals surface area contributed by atoms with Crippen LogP contribution in [0.25, 0.3) is 0 Å². The van der Waals surface area contributed by atoms with Gasteiger partial charge >= 0.3 is 0 Å². The lowest BCUT2D eigenvalue weighted by Gasteiger charge is -2.38. The Morgan fingerprint density at radius 3 is 2.67 bits per heavy atom. The lowest BCUT2D eigenvalue weighted by atomic mass is 10.0. The van der Waals surface area contributed by atoms with Crippen LogP contribution in [0.15, 0.2) is 30.3 Å². The first-order valence-electron chi connectivity index (χ1n) is 5.26. The highest BCUT2D eigenvalue weighted by molar-refractivity contribution is 5.49. The summed E-state index contributed by atoms with van der Waals surface area (Å²) in [5, 5.41) is 0. The van der Waals surface area contributed by atoms with Gasteiger partial charge in [-0.2, -0.15) is 0 Å². The van der Waals surface area contributed by atoms with Crippen LogP contribution in [0.4, 0.5) is 0 Å². The number of likely N-dealkylation sites (N-methyl/N-ethyl adjacent to an activating group) is 1. The van der Waals surface area contributed by atoms with Crippen molar-refractivity contribution in [3.8, 4) is 0 Å². The minimum atomic E-state index is 0.211. The zero-order valence-electron chi connectivity index (χ0n) is 8.97. The Kier molecular flexibility index (Phi) is 3.02. The molecule has 1 saturated heterocycles. The number of carbonyl (C=O) groups is 1. The van der Waals surface area contributed by atoms with Crippen molar-refractivity contribution in [2.75, 3.05) is 26.7 Å². The number of hydrogen-bond acceptors (Lipinski definition) is 2. The molecule has 1 unspecified atom stereocenters. The van der Waals surface area contributed by atoms with Gasteiger partial charge < -0.3 is 9.80 Å². The van der Waals surface area contributed by atoms with Crippen molar-refractivity contribution in [1.29, 1.82) is 0 Å². The van der Waals surface area contributed by atoms with E-state index in [1.165, 1.54) is 5.56 Å². The first-order chi connectivity index (χ1) is 7.31. The summed E-state index contributed by atoms with van der Waals surface area (Å²) in [6, 6.07) is 10.4. The average molecular weight is 204 g/mol. The molecule has 1 aromatic rings. The number of amides is 1. The van der Waals surface area contributed by atoms with E-state index in [4.69, 9.17) is 0 Å². The normalized spacial score (nSPS) is 22.7. The van der Waals surface area contributed by atoms with E-state index >= 15 is 0 Å². The Hall–Kier alpha value is -1.35. The highest BCUT2D eigenvalue weighted by Gasteiger charge is 2.24. The molecule has 0 saturated carbocycles. The van der Waals surface area contributed by atoms with E-state index in [1.54, 1.807) is 0 Å². The molecule has 0 bridgehead atoms. The summed E-state index contributed by atoms with van der Waals surface area (Å²) >= 11 is 0. The molecule has 0 spiro atoms. The molecule has 1 fully saturated rings. The number of rotatable bonds is 2. The molecule has 0 aromatic heterocycles. The van der Waals surface area contributed by atoms with Crippen LogP contribution in [0.2, 0.25) is 0 Å². The van der Waals surface area contributed by atoms with Crippen molar-refractivity contribution in [2.24, 2.45) is 0 Å². The van der Waals surface area contributed by atoms with Gasteiger partial charge in [-0.15, -0.1) is 0 Å². The summed E-state index contributed by atoms with van der Waals surface area (Å²) in [7, 11) is 2.10. The van der Waals surface area contributed by atoms with Crippen LogP contribution in [0.1, 0.15) is 11.6 Å². The van der Waals surface area contributed by atoms with Crippen LogP contribution in [-0.2, 0) is 4.79 Å². The van der Waals surface area contributed by atoms with Gasteiger partial charge in [-0.05, 0) is 12.6 Å². The summed E-state index contributed by atoms with van der Waals surface area (Å²) < 4.78 is 0. The molecule has 1 aliphatic rings. The van der Waals surface area contributed by atoms with E-state index in [0.717, 1.165) is 26.0 Å². The third-order valence-electron chi connectivity index (χ3n) is 2.94. The third-order valence-corrected chi connectivity index (χ3v) is 2.94. The Morgan fingerprint density at radius 1 is 1.27 bits per heavy atom. The number of piperazine rings is 1. The number of carbonyl (C=O) groups excluding carboxylic acids is 1. The van der Waals surface area contributed by atoms with Gasteiger partial charge in [0.15, 0.2) is 0 Å². The summed E-state index contributed by atoms with van der Waals surface area (Å²) in [6.07, 6.45) is 0.963. The lowest BCUT2D eigenvalue weighted by Crippen LogP contribution is -2.46. The Morgan fingerprint density at radius 2 is 2.00 bits per heavy atom. The second-order valence-electron chi connectivity index (χ2n) is 4.03. The van der Waals surface area contributed by atoms with Crippen LogP contribution >= 0.6 is 0 Å². The van der Waals surface area contributed by atoms with Crippen molar-refractivity contribution in [3.05, 3.63) is 35.9 Å². The van der Waals surface area contributed by atoms with Gasteiger partial charge in [0.2, 0.25) is 6.41 Å². The highest BCUT2D eigenvalue weighted by Crippen LogP contribution is 2.22. The molecule has 1 heterocycles. The van der Waals surface area contributed by atoms with Crippen molar-refractivity contribution < 1.29 is 4.79 Å². The monoisotopic (exact) mass is 204 g/mol. The molecule has 1 aliphatic heterocycles. The van der Waals surface area contributed by atoms with Gasteiger partial charge in [0.1, 0.15) is 0 Å². The number of nitrogens with zero attached hydrogens (tertiary/aromatic N) is 2. The van der Waals surface area contributed by atoms with Crippen molar-refractivity contribution in [2.45, 2.75) is 6.04 Å². The molecule has 3 nitrogen and oxygen atoms in total. The van der Waals surface area contributed by atoms with Crippen LogP contribution in [0.5, 0.6) is 0 Å². The maximum atomic E-state index is 11.0. The van der Waals surface area contributed by atoms with Crippen molar-refractivity contribution in [3.63, 3.8) is 0 Å². The van der Waals surface area contributed by atoms with Crippen LogP contribution in [0.3, 0.4) is 0 Å². The molecule has 1 atom stereocenters. The summed E-state index contributed by atoms with van der Waals surface area (Å²) in [5.74, 6) is 0. The first kappa shape index (κ1) is 10.2. The van der Waals surface area contributed by atoms with Gasteiger partial charge in [0.25, 0.3) is 0 Å². The van der Waals surface area contributed by atoms with E-state index in [-0.39, 0.29) is 6.04 Å². The number of benzene rings is 1. The highest BCUT2D eigenvalue weighted by atomic mass is 16.1. The van der Waals surface area contributed by atoms with E-state index in [2.05, 4.69) is 24.1 Å². The Balaban J connectivity index is 2.20. The fourth-order valence-corrected chi connectivity index (χ4v) is 2.03. The molecule has 0 N–H and O–H groups in total. The maximum Gasteiger partial charge on any atom is 0.210 e. The van der Waals surface area contributed by atoms with Crippen molar-refractivity contribution >= 4 is 6.41 Å². The fourth-order valence-electron chi connectivity index (χ4n) is 2.03. The molecule has 1 amide bonds. The topological polar surface area (TPSA) is 23.6 Å². The van der Waals surface area contributed by atoms with Gasteiger partial charge in [-0.1, -0.05) is 30.3 Å². The zero-order chi connectivity index (χ0) is 10.7. The maximum absolute atomic E-state index is 11.0. The minimum absolute atomic E-state index is 0.211. The van der Waals surface area contributed by atoms with E-state index < -0.39 is 0 Å². The standard InChI is InChI=1S/C12H16N2O/c1-13-7-8-14(10-15)12(9-13)11-5-3-2-4-6-11/h2-6,10,12H,7-9H2,1H3. The summed E-state index contributed by atoms with van der Waals surface area (Å²) in [4.78, 5) is 15.1. The Bertz CT molecular complexity index is 326. The average Bonchev–Trinajstić information content (AvgIpc) is 2.30. The van der Waals surface area contributed by atoms with E-state index in [9.17, 15) is 4.79 Å². The first-order valence-corrected chi connectivity index (χ1v) is 5.26. The second-order valence-corrected chi connectivity index (χ2v) is 4.03. The van der Waals surface area contributed by atoms with Gasteiger partial charge in [0, 0.05) is 19.6 Å². The van der Waals surface area contributed by atoms with E-state index in [0.29, 0.717) is 0 Å². The third kappa shape index (κ3) is 2.18. The smallest absolute Gasteiger partial charge is 0.210 e. The number of hydrogen-bond donors (Lipinski definition) is 0. The van der Waals surface area contributed by atoms with Gasteiger partial charge in [-0.3, -0.25) is 4.79 Å². The summed E-state index contributed by atoms with van der Waals surface area (Å²) in [5.41, 5.74) is 1.22. The van der Waals surface area contributed by atoms with Crippen LogP contribution < -0.4 is 0 Å². The predicted octanol–water partition coefficient (Wildman–Crippen LogP) is 1.13. The second kappa shape index (κ2) is 4.45. The minimum Gasteiger partial charge on any atom is -0.336 e. The molecule has 0 aliphatic carbocycles. The van der Waals surface area contributed by atoms with Crippen LogP contribution in [-0.4, -0.2) is 42.9 Å². The molecular weight excluding hydrogens is 188 g/mol. The molecule has 1 aromatic carbocycles. The largest absolute Gasteiger partial charge is 0.336 e. The molecule has 80 valence electrons. The molecular formula is C12H16N2O. The summed E-state index contributed by atoms with van der Waals surface area (Å²) in [6.45, 7) is 2.70. The zero-order valence-corrected chi connectivity index (χ0v) is 8.97. The SMILES string of the molecule is CN1CCN(C=O)C(c2ccccc2)C1. The molecule has 2 rings (SSSR count). The molecule has 3 heteroatoms. The lowest BCUT2D eigenvalue weighted by molar-refractivity contribution is -0.122. The molecule has 15 heavy (non-hydrogen) atoms. The molecule has 0 radical (unpaired) electrons.